The van der Waals surface area contributed by atoms with Crippen molar-refractivity contribution in [3.63, 3.8) is 0 Å². The lowest BCUT2D eigenvalue weighted by Gasteiger charge is -2.34. The zero-order valence-corrected chi connectivity index (χ0v) is 19.6. The largest absolute Gasteiger partial charge is 0.374 e. The standard InChI is InChI=1S/C23H37N7/c1-18(16-24-4)8-10-21-17-26-23(27-20(21)3)29(7)22(25-5)11-9-19(2)30-14-12-28(6)13-15-30/h8-11,16-18,25H,12-15H2,1-7H3/b10-8-,19-9+,22-11+,24-16?. The van der Waals surface area contributed by atoms with E-state index in [1.807, 2.05) is 38.3 Å². The Morgan fingerprint density at radius 1 is 1.27 bits per heavy atom. The number of nitrogens with zero attached hydrogens (tertiary/aromatic N) is 6. The highest BCUT2D eigenvalue weighted by Gasteiger charge is 2.14. The van der Waals surface area contributed by atoms with Crippen molar-refractivity contribution in [1.29, 1.82) is 0 Å². The number of nitrogens with one attached hydrogen (secondary N) is 1. The Hall–Kier alpha value is -2.67. The van der Waals surface area contributed by atoms with Crippen LogP contribution in [0.3, 0.4) is 0 Å². The van der Waals surface area contributed by atoms with Gasteiger partial charge in [0, 0.05) is 76.9 Å². The second kappa shape index (κ2) is 11.5. The van der Waals surface area contributed by atoms with Crippen molar-refractivity contribution >= 4 is 18.2 Å². The van der Waals surface area contributed by atoms with Gasteiger partial charge in [-0.3, -0.25) is 4.90 Å². The molecule has 7 heteroatoms. The molecule has 0 spiro atoms. The van der Waals surface area contributed by atoms with Crippen LogP contribution in [0.2, 0.25) is 0 Å². The molecule has 30 heavy (non-hydrogen) atoms. The molecule has 1 aliphatic heterocycles. The summed E-state index contributed by atoms with van der Waals surface area (Å²) in [5.74, 6) is 1.89. The molecule has 7 nitrogen and oxygen atoms in total. The number of aromatic nitrogens is 2. The van der Waals surface area contributed by atoms with Crippen molar-refractivity contribution in [2.24, 2.45) is 10.9 Å². The van der Waals surface area contributed by atoms with Crippen LogP contribution in [-0.2, 0) is 0 Å². The first kappa shape index (κ1) is 23.6. The van der Waals surface area contributed by atoms with E-state index in [4.69, 9.17) is 4.98 Å². The number of hydrogen-bond acceptors (Lipinski definition) is 7. The summed E-state index contributed by atoms with van der Waals surface area (Å²) >= 11 is 0. The molecule has 164 valence electrons. The Morgan fingerprint density at radius 2 is 1.97 bits per heavy atom. The number of anilines is 1. The van der Waals surface area contributed by atoms with E-state index in [2.05, 4.69) is 70.3 Å². The van der Waals surface area contributed by atoms with E-state index in [0.717, 1.165) is 43.3 Å². The minimum atomic E-state index is 0.283. The maximum absolute atomic E-state index is 4.70. The first-order valence-corrected chi connectivity index (χ1v) is 10.5. The average Bonchev–Trinajstić information content (AvgIpc) is 2.73. The molecule has 0 aliphatic carbocycles. The van der Waals surface area contributed by atoms with Crippen LogP contribution in [0.25, 0.3) is 6.08 Å². The molecule has 0 amide bonds. The van der Waals surface area contributed by atoms with E-state index in [1.54, 1.807) is 7.05 Å². The van der Waals surface area contributed by atoms with Gasteiger partial charge in [-0.25, -0.2) is 9.97 Å². The second-order valence-electron chi connectivity index (χ2n) is 7.80. The molecular weight excluding hydrogens is 374 g/mol. The lowest BCUT2D eigenvalue weighted by Crippen LogP contribution is -2.43. The van der Waals surface area contributed by atoms with Crippen molar-refractivity contribution in [2.45, 2.75) is 20.8 Å². The summed E-state index contributed by atoms with van der Waals surface area (Å²) in [5, 5.41) is 3.26. The van der Waals surface area contributed by atoms with E-state index in [-0.39, 0.29) is 5.92 Å². The second-order valence-corrected chi connectivity index (χ2v) is 7.80. The molecule has 2 rings (SSSR count). The van der Waals surface area contributed by atoms with Gasteiger partial charge in [0.15, 0.2) is 0 Å². The fourth-order valence-electron chi connectivity index (χ4n) is 3.26. The molecule has 0 bridgehead atoms. The fraction of sp³-hybridized carbons (Fsp3) is 0.522. The topological polar surface area (TPSA) is 59.9 Å². The molecule has 1 unspecified atom stereocenters. The van der Waals surface area contributed by atoms with Gasteiger partial charge in [-0.2, -0.15) is 0 Å². The first-order valence-electron chi connectivity index (χ1n) is 10.5. The number of aliphatic imine (C=N–C) groups is 1. The van der Waals surface area contributed by atoms with Gasteiger partial charge in [-0.1, -0.05) is 19.1 Å². The number of hydrogen-bond donors (Lipinski definition) is 1. The van der Waals surface area contributed by atoms with Crippen molar-refractivity contribution in [3.8, 4) is 0 Å². The summed E-state index contributed by atoms with van der Waals surface area (Å²) in [6.45, 7) is 10.6. The lowest BCUT2D eigenvalue weighted by molar-refractivity contribution is 0.186. The fourth-order valence-corrected chi connectivity index (χ4v) is 3.26. The molecule has 1 saturated heterocycles. The van der Waals surface area contributed by atoms with E-state index >= 15 is 0 Å². The Balaban J connectivity index is 2.12. The maximum atomic E-state index is 4.70. The van der Waals surface area contributed by atoms with Gasteiger partial charge in [0.25, 0.3) is 0 Å². The molecule has 0 saturated carbocycles. The van der Waals surface area contributed by atoms with Crippen LogP contribution in [0.5, 0.6) is 0 Å². The zero-order valence-electron chi connectivity index (χ0n) is 19.6. The summed E-state index contributed by atoms with van der Waals surface area (Å²) in [7, 11) is 7.86. The van der Waals surface area contributed by atoms with Crippen molar-refractivity contribution in [2.75, 3.05) is 59.3 Å². The summed E-state index contributed by atoms with van der Waals surface area (Å²) in [6, 6.07) is 0. The van der Waals surface area contributed by atoms with Crippen LogP contribution in [0.1, 0.15) is 25.1 Å². The van der Waals surface area contributed by atoms with Gasteiger partial charge >= 0.3 is 0 Å². The average molecular weight is 412 g/mol. The predicted molar refractivity (Wildman–Crippen MR) is 128 cm³/mol. The van der Waals surface area contributed by atoms with E-state index in [1.165, 1.54) is 5.70 Å². The van der Waals surface area contributed by atoms with Crippen LogP contribution in [0, 0.1) is 12.8 Å². The number of likely N-dealkylation sites (N-methyl/N-ethyl adjacent to an activating group) is 1. The SMILES string of the molecule is CN=CC(C)/C=C\c1cnc(N(C)/C(=C/C=C(\C)N2CCN(C)CC2)NC)nc1C. The molecule has 1 atom stereocenters. The smallest absolute Gasteiger partial charge is 0.230 e. The zero-order chi connectivity index (χ0) is 22.1. The highest BCUT2D eigenvalue weighted by atomic mass is 15.3. The summed E-state index contributed by atoms with van der Waals surface area (Å²) in [4.78, 5) is 20.1. The highest BCUT2D eigenvalue weighted by Crippen LogP contribution is 2.16. The summed E-state index contributed by atoms with van der Waals surface area (Å²) in [5.41, 5.74) is 3.24. The minimum Gasteiger partial charge on any atom is -0.374 e. The number of rotatable bonds is 8. The predicted octanol–water partition coefficient (Wildman–Crippen LogP) is 2.78. The van der Waals surface area contributed by atoms with E-state index < -0.39 is 0 Å². The third kappa shape index (κ3) is 6.69. The maximum Gasteiger partial charge on any atom is 0.230 e. The van der Waals surface area contributed by atoms with E-state index in [9.17, 15) is 0 Å². The highest BCUT2D eigenvalue weighted by molar-refractivity contribution is 5.65. The summed E-state index contributed by atoms with van der Waals surface area (Å²) < 4.78 is 0. The third-order valence-corrected chi connectivity index (χ3v) is 5.37. The molecule has 1 N–H and O–H groups in total. The molecular formula is C23H37N7. The Morgan fingerprint density at radius 3 is 2.57 bits per heavy atom. The van der Waals surface area contributed by atoms with Crippen LogP contribution in [0.4, 0.5) is 5.95 Å². The quantitative estimate of drug-likeness (QED) is 0.524. The Bertz CT molecular complexity index is 802. The van der Waals surface area contributed by atoms with Crippen LogP contribution in [0.15, 0.2) is 40.9 Å². The molecule has 1 aromatic heterocycles. The van der Waals surface area contributed by atoms with Crippen LogP contribution >= 0.6 is 0 Å². The molecule has 1 aromatic rings. The van der Waals surface area contributed by atoms with Gasteiger partial charge in [-0.15, -0.1) is 0 Å². The normalized spacial score (nSPS) is 17.8. The van der Waals surface area contributed by atoms with Gasteiger partial charge in [0.1, 0.15) is 5.82 Å². The number of aryl methyl sites for hydroxylation is 1. The molecule has 0 radical (unpaired) electrons. The van der Waals surface area contributed by atoms with Gasteiger partial charge in [0.05, 0.1) is 5.69 Å². The Labute approximate surface area is 181 Å². The molecule has 2 heterocycles. The van der Waals surface area contributed by atoms with Crippen molar-refractivity contribution in [1.82, 2.24) is 25.1 Å². The van der Waals surface area contributed by atoms with Crippen LogP contribution < -0.4 is 10.2 Å². The number of allylic oxidation sites excluding steroid dienone is 4. The number of piperazine rings is 1. The molecule has 1 fully saturated rings. The first-order chi connectivity index (χ1) is 14.3. The van der Waals surface area contributed by atoms with Gasteiger partial charge in [0.2, 0.25) is 5.95 Å². The van der Waals surface area contributed by atoms with Crippen molar-refractivity contribution < 1.29 is 0 Å². The lowest BCUT2D eigenvalue weighted by atomic mass is 10.1. The van der Waals surface area contributed by atoms with Gasteiger partial charge in [-0.05, 0) is 33.0 Å². The monoisotopic (exact) mass is 411 g/mol. The summed E-state index contributed by atoms with van der Waals surface area (Å²) in [6.07, 6.45) is 12.2. The molecule has 1 aliphatic rings. The van der Waals surface area contributed by atoms with Crippen molar-refractivity contribution in [3.05, 3.63) is 47.2 Å². The Kier molecular flexibility index (Phi) is 9.05. The molecule has 0 aromatic carbocycles. The minimum absolute atomic E-state index is 0.283. The van der Waals surface area contributed by atoms with Crippen LogP contribution in [-0.4, -0.2) is 80.4 Å². The third-order valence-electron chi connectivity index (χ3n) is 5.37. The van der Waals surface area contributed by atoms with Gasteiger partial charge < -0.3 is 20.1 Å². The van der Waals surface area contributed by atoms with E-state index in [0.29, 0.717) is 5.95 Å².